The Morgan fingerprint density at radius 1 is 0.800 bits per heavy atom. The van der Waals surface area contributed by atoms with Crippen LogP contribution in [0, 0.1) is 0 Å². The summed E-state index contributed by atoms with van der Waals surface area (Å²) in [5, 5.41) is 2.55. The Hall–Kier alpha value is -3.04. The summed E-state index contributed by atoms with van der Waals surface area (Å²) in [5.74, 6) is 2.16. The summed E-state index contributed by atoms with van der Waals surface area (Å²) < 4.78 is 2.37. The Kier molecular flexibility index (Phi) is 5.29. The molecule has 3 heteroatoms. The topological polar surface area (TPSA) is 17.8 Å². The molecule has 5 rings (SSSR count). The molecule has 5 aromatic rings. The Morgan fingerprint density at radius 2 is 1.60 bits per heavy atom. The van der Waals surface area contributed by atoms with Crippen LogP contribution in [-0.4, -0.2) is 15.3 Å². The van der Waals surface area contributed by atoms with E-state index in [0.717, 1.165) is 29.2 Å². The number of hydrogen-bond donors (Lipinski definition) is 0. The van der Waals surface area contributed by atoms with Gasteiger partial charge in [-0.25, -0.2) is 4.98 Å². The first kappa shape index (κ1) is 19.0. The summed E-state index contributed by atoms with van der Waals surface area (Å²) in [6.45, 7) is 3.02. The minimum absolute atomic E-state index is 0.799. The van der Waals surface area contributed by atoms with Gasteiger partial charge in [0, 0.05) is 17.0 Å². The summed E-state index contributed by atoms with van der Waals surface area (Å²) in [4.78, 5) is 6.33. The number of imidazole rings is 1. The quantitative estimate of drug-likeness (QED) is 0.272. The lowest BCUT2D eigenvalue weighted by Crippen LogP contribution is -2.02. The van der Waals surface area contributed by atoms with Gasteiger partial charge >= 0.3 is 0 Å². The maximum Gasteiger partial charge on any atom is 0.141 e. The van der Waals surface area contributed by atoms with E-state index in [-0.39, 0.29) is 0 Å². The van der Waals surface area contributed by atoms with Crippen LogP contribution in [0.25, 0.3) is 33.2 Å². The second-order valence-electron chi connectivity index (χ2n) is 7.57. The number of aromatic nitrogens is 2. The molecule has 0 fully saturated rings. The SMILES string of the molecule is CCCSc1ccc2nc(-c3ccccc3)n(Cc3ccc4ccccc4c3)c2c1. The molecule has 0 atom stereocenters. The lowest BCUT2D eigenvalue weighted by Gasteiger charge is -2.11. The van der Waals surface area contributed by atoms with Crippen molar-refractivity contribution in [1.29, 1.82) is 0 Å². The summed E-state index contributed by atoms with van der Waals surface area (Å²) >= 11 is 1.92. The van der Waals surface area contributed by atoms with Gasteiger partial charge in [0.15, 0.2) is 0 Å². The van der Waals surface area contributed by atoms with Gasteiger partial charge in [0.1, 0.15) is 5.82 Å². The van der Waals surface area contributed by atoms with Crippen LogP contribution in [0.1, 0.15) is 18.9 Å². The van der Waals surface area contributed by atoms with Gasteiger partial charge in [-0.15, -0.1) is 11.8 Å². The second kappa shape index (κ2) is 8.37. The molecule has 0 saturated heterocycles. The number of benzene rings is 4. The monoisotopic (exact) mass is 408 g/mol. The summed E-state index contributed by atoms with van der Waals surface area (Å²) in [6.07, 6.45) is 1.17. The summed E-state index contributed by atoms with van der Waals surface area (Å²) in [5.41, 5.74) is 4.69. The Morgan fingerprint density at radius 3 is 2.43 bits per heavy atom. The highest BCUT2D eigenvalue weighted by molar-refractivity contribution is 7.99. The molecule has 4 aromatic carbocycles. The lowest BCUT2D eigenvalue weighted by molar-refractivity contribution is 0.835. The molecule has 0 N–H and O–H groups in total. The normalized spacial score (nSPS) is 11.4. The number of fused-ring (bicyclic) bond motifs is 2. The van der Waals surface area contributed by atoms with Gasteiger partial charge in [0.2, 0.25) is 0 Å². The zero-order valence-electron chi connectivity index (χ0n) is 17.1. The molecule has 0 aliphatic heterocycles. The fraction of sp³-hybridized carbons (Fsp3) is 0.148. The van der Waals surface area contributed by atoms with Crippen LogP contribution in [0.2, 0.25) is 0 Å². The van der Waals surface area contributed by atoms with Crippen molar-refractivity contribution in [3.63, 3.8) is 0 Å². The van der Waals surface area contributed by atoms with Gasteiger partial charge in [-0.1, -0.05) is 73.7 Å². The highest BCUT2D eigenvalue weighted by atomic mass is 32.2. The van der Waals surface area contributed by atoms with Crippen LogP contribution in [0.4, 0.5) is 0 Å². The fourth-order valence-corrected chi connectivity index (χ4v) is 4.70. The molecule has 1 heterocycles. The first-order valence-electron chi connectivity index (χ1n) is 10.5. The maximum atomic E-state index is 5.02. The fourth-order valence-electron chi connectivity index (χ4n) is 3.90. The van der Waals surface area contributed by atoms with Crippen LogP contribution in [0.5, 0.6) is 0 Å². The molecule has 30 heavy (non-hydrogen) atoms. The van der Waals surface area contributed by atoms with Crippen molar-refractivity contribution >= 4 is 33.6 Å². The van der Waals surface area contributed by atoms with Gasteiger partial charge in [-0.05, 0) is 52.8 Å². The average Bonchev–Trinajstić information content (AvgIpc) is 3.16. The van der Waals surface area contributed by atoms with Crippen molar-refractivity contribution in [3.05, 3.63) is 96.6 Å². The molecule has 0 unspecified atom stereocenters. The third kappa shape index (κ3) is 3.73. The third-order valence-electron chi connectivity index (χ3n) is 5.38. The molecule has 0 saturated carbocycles. The van der Waals surface area contributed by atoms with E-state index in [9.17, 15) is 0 Å². The van der Waals surface area contributed by atoms with Crippen molar-refractivity contribution in [2.45, 2.75) is 24.8 Å². The largest absolute Gasteiger partial charge is 0.319 e. The third-order valence-corrected chi connectivity index (χ3v) is 6.58. The van der Waals surface area contributed by atoms with E-state index >= 15 is 0 Å². The molecular formula is C27H24N2S. The standard InChI is InChI=1S/C27H24N2S/c1-2-16-30-24-14-15-25-26(18-24)29(27(28-25)22-9-4-3-5-10-22)19-20-12-13-21-8-6-7-11-23(21)17-20/h3-15,17-18H,2,16,19H2,1H3. The molecule has 0 amide bonds. The van der Waals surface area contributed by atoms with Crippen LogP contribution in [-0.2, 0) is 6.54 Å². The molecule has 0 spiro atoms. The van der Waals surface area contributed by atoms with Gasteiger partial charge in [0.25, 0.3) is 0 Å². The molecule has 148 valence electrons. The Labute approximate surface area is 181 Å². The molecule has 0 radical (unpaired) electrons. The van der Waals surface area contributed by atoms with Gasteiger partial charge in [0.05, 0.1) is 11.0 Å². The predicted octanol–water partition coefficient (Wildman–Crippen LogP) is 7.41. The van der Waals surface area contributed by atoms with Gasteiger partial charge in [-0.2, -0.15) is 0 Å². The molecule has 0 bridgehead atoms. The minimum Gasteiger partial charge on any atom is -0.319 e. The molecule has 2 nitrogen and oxygen atoms in total. The number of nitrogens with zero attached hydrogens (tertiary/aromatic N) is 2. The molecule has 0 aliphatic rings. The van der Waals surface area contributed by atoms with Crippen molar-refractivity contribution in [3.8, 4) is 11.4 Å². The first-order valence-corrected chi connectivity index (χ1v) is 11.5. The Bertz CT molecular complexity index is 1300. The van der Waals surface area contributed by atoms with Crippen molar-refractivity contribution in [1.82, 2.24) is 9.55 Å². The van der Waals surface area contributed by atoms with Gasteiger partial charge in [-0.3, -0.25) is 0 Å². The highest BCUT2D eigenvalue weighted by Gasteiger charge is 2.14. The van der Waals surface area contributed by atoms with E-state index in [1.165, 1.54) is 33.2 Å². The second-order valence-corrected chi connectivity index (χ2v) is 8.74. The van der Waals surface area contributed by atoms with Crippen LogP contribution in [0.3, 0.4) is 0 Å². The number of rotatable bonds is 6. The van der Waals surface area contributed by atoms with Crippen LogP contribution in [0.15, 0.2) is 95.9 Å². The lowest BCUT2D eigenvalue weighted by atomic mass is 10.1. The van der Waals surface area contributed by atoms with E-state index in [1.54, 1.807) is 0 Å². The van der Waals surface area contributed by atoms with E-state index in [1.807, 2.05) is 11.8 Å². The maximum absolute atomic E-state index is 5.02. The minimum atomic E-state index is 0.799. The summed E-state index contributed by atoms with van der Waals surface area (Å²) in [7, 11) is 0. The number of hydrogen-bond acceptors (Lipinski definition) is 2. The van der Waals surface area contributed by atoms with E-state index in [4.69, 9.17) is 4.98 Å². The van der Waals surface area contributed by atoms with E-state index < -0.39 is 0 Å². The van der Waals surface area contributed by atoms with E-state index in [0.29, 0.717) is 0 Å². The average molecular weight is 409 g/mol. The first-order chi connectivity index (χ1) is 14.8. The summed E-state index contributed by atoms with van der Waals surface area (Å²) in [6, 6.07) is 32.5. The Balaban J connectivity index is 1.64. The molecule has 0 aliphatic carbocycles. The zero-order valence-corrected chi connectivity index (χ0v) is 17.9. The van der Waals surface area contributed by atoms with Crippen molar-refractivity contribution in [2.24, 2.45) is 0 Å². The van der Waals surface area contributed by atoms with Crippen molar-refractivity contribution < 1.29 is 0 Å². The molecular weight excluding hydrogens is 384 g/mol. The highest BCUT2D eigenvalue weighted by Crippen LogP contribution is 2.30. The zero-order chi connectivity index (χ0) is 20.3. The van der Waals surface area contributed by atoms with Crippen molar-refractivity contribution in [2.75, 3.05) is 5.75 Å². The van der Waals surface area contributed by atoms with Crippen LogP contribution < -0.4 is 0 Å². The van der Waals surface area contributed by atoms with Gasteiger partial charge < -0.3 is 4.57 Å². The smallest absolute Gasteiger partial charge is 0.141 e. The molecule has 1 aromatic heterocycles. The number of thioether (sulfide) groups is 1. The predicted molar refractivity (Wildman–Crippen MR) is 129 cm³/mol. The van der Waals surface area contributed by atoms with E-state index in [2.05, 4.69) is 102 Å². The van der Waals surface area contributed by atoms with Crippen LogP contribution >= 0.6 is 11.8 Å².